The van der Waals surface area contributed by atoms with Crippen molar-refractivity contribution in [1.82, 2.24) is 10.4 Å². The number of nitrogens with one attached hydrogen (secondary N) is 1. The van der Waals surface area contributed by atoms with Gasteiger partial charge in [0, 0.05) is 13.1 Å². The summed E-state index contributed by atoms with van der Waals surface area (Å²) in [6.45, 7) is 5.93. The molecule has 0 aromatic rings. The molecule has 0 aromatic carbocycles. The Kier molecular flexibility index (Phi) is 3.80. The van der Waals surface area contributed by atoms with Gasteiger partial charge in [0.1, 0.15) is 5.60 Å². The Labute approximate surface area is 95.8 Å². The van der Waals surface area contributed by atoms with Crippen LogP contribution in [0.5, 0.6) is 0 Å². The molecule has 0 atom stereocenters. The second-order valence-electron chi connectivity index (χ2n) is 4.75. The highest BCUT2D eigenvalue weighted by atomic mass is 32.2. The third-order valence-electron chi connectivity index (χ3n) is 1.99. The van der Waals surface area contributed by atoms with Crippen molar-refractivity contribution in [2.45, 2.75) is 26.4 Å². The summed E-state index contributed by atoms with van der Waals surface area (Å²) < 4.78 is 27.3. The molecule has 0 spiro atoms. The van der Waals surface area contributed by atoms with Crippen molar-refractivity contribution in [3.63, 3.8) is 0 Å². The van der Waals surface area contributed by atoms with E-state index in [1.54, 1.807) is 25.8 Å². The molecule has 1 fully saturated rings. The summed E-state index contributed by atoms with van der Waals surface area (Å²) in [6, 6.07) is 0. The zero-order valence-corrected chi connectivity index (χ0v) is 10.6. The second kappa shape index (κ2) is 4.58. The van der Waals surface area contributed by atoms with Gasteiger partial charge < -0.3 is 4.74 Å². The molecule has 1 heterocycles. The minimum Gasteiger partial charge on any atom is -0.443 e. The molecule has 0 radical (unpaired) electrons. The summed E-state index contributed by atoms with van der Waals surface area (Å²) >= 11 is 0. The van der Waals surface area contributed by atoms with Gasteiger partial charge in [0.05, 0.1) is 11.5 Å². The fourth-order valence-electron chi connectivity index (χ4n) is 1.25. The number of rotatable bonds is 1. The van der Waals surface area contributed by atoms with Gasteiger partial charge in [0.15, 0.2) is 9.84 Å². The van der Waals surface area contributed by atoms with E-state index >= 15 is 0 Å². The average molecular weight is 250 g/mol. The lowest BCUT2D eigenvalue weighted by atomic mass is 10.2. The third-order valence-corrected chi connectivity index (χ3v) is 3.60. The minimum absolute atomic E-state index is 0.0722. The first-order valence-electron chi connectivity index (χ1n) is 5.13. The number of amides is 1. The van der Waals surface area contributed by atoms with Crippen LogP contribution in [0.1, 0.15) is 20.8 Å². The van der Waals surface area contributed by atoms with Crippen molar-refractivity contribution >= 4 is 15.9 Å². The minimum atomic E-state index is -2.92. The van der Waals surface area contributed by atoms with Crippen LogP contribution in [-0.2, 0) is 14.6 Å². The maximum absolute atomic E-state index is 11.4. The first kappa shape index (κ1) is 13.2. The first-order valence-corrected chi connectivity index (χ1v) is 6.95. The van der Waals surface area contributed by atoms with Crippen molar-refractivity contribution in [2.75, 3.05) is 24.6 Å². The van der Waals surface area contributed by atoms with Crippen LogP contribution < -0.4 is 5.43 Å². The monoisotopic (exact) mass is 250 g/mol. The lowest BCUT2D eigenvalue weighted by Gasteiger charge is -2.28. The second-order valence-corrected chi connectivity index (χ2v) is 7.06. The number of nitrogens with zero attached hydrogens (tertiary/aromatic N) is 1. The van der Waals surface area contributed by atoms with E-state index in [9.17, 15) is 13.2 Å². The molecule has 0 unspecified atom stereocenters. The molecule has 0 saturated carbocycles. The van der Waals surface area contributed by atoms with Gasteiger partial charge in [-0.3, -0.25) is 5.43 Å². The number of carbonyl (C=O) groups excluding carboxylic acids is 1. The fourth-order valence-corrected chi connectivity index (χ4v) is 2.46. The molecule has 1 rings (SSSR count). The summed E-state index contributed by atoms with van der Waals surface area (Å²) in [4.78, 5) is 11.4. The fraction of sp³-hybridized carbons (Fsp3) is 0.889. The number of hydrogen-bond donors (Lipinski definition) is 1. The highest BCUT2D eigenvalue weighted by Gasteiger charge is 2.24. The molecule has 94 valence electrons. The van der Waals surface area contributed by atoms with Gasteiger partial charge in [-0.25, -0.2) is 18.2 Å². The van der Waals surface area contributed by atoms with Crippen molar-refractivity contribution in [2.24, 2.45) is 0 Å². The lowest BCUT2D eigenvalue weighted by molar-refractivity contribution is 0.0342. The summed E-state index contributed by atoms with van der Waals surface area (Å²) in [6.07, 6.45) is -0.549. The number of carbonyl (C=O) groups is 1. The molecule has 1 amide bonds. The highest BCUT2D eigenvalue weighted by Crippen LogP contribution is 2.07. The van der Waals surface area contributed by atoms with Gasteiger partial charge in [0.2, 0.25) is 0 Å². The predicted octanol–water partition coefficient (Wildman–Crippen LogP) is 0.157. The maximum Gasteiger partial charge on any atom is 0.422 e. The first-order chi connectivity index (χ1) is 7.18. The standard InChI is InChI=1S/C9H18N2O4S/c1-9(2,3)15-8(12)10-11-4-6-16(13,14)7-5-11/h4-7H2,1-3H3,(H,10,12). The molecule has 7 heteroatoms. The number of sulfone groups is 1. The van der Waals surface area contributed by atoms with E-state index in [0.29, 0.717) is 13.1 Å². The van der Waals surface area contributed by atoms with Crippen molar-refractivity contribution < 1.29 is 17.9 Å². The molecule has 6 nitrogen and oxygen atoms in total. The molecule has 1 N–H and O–H groups in total. The van der Waals surface area contributed by atoms with E-state index in [1.165, 1.54) is 0 Å². The Morgan fingerprint density at radius 2 is 1.75 bits per heavy atom. The quantitative estimate of drug-likeness (QED) is 0.717. The van der Waals surface area contributed by atoms with Crippen LogP contribution in [0.25, 0.3) is 0 Å². The summed E-state index contributed by atoms with van der Waals surface area (Å²) in [5, 5.41) is 1.56. The van der Waals surface area contributed by atoms with Crippen LogP contribution in [0.15, 0.2) is 0 Å². The van der Waals surface area contributed by atoms with Crippen molar-refractivity contribution in [3.05, 3.63) is 0 Å². The van der Waals surface area contributed by atoms with E-state index in [4.69, 9.17) is 4.74 Å². The Morgan fingerprint density at radius 1 is 1.25 bits per heavy atom. The number of hydrogen-bond acceptors (Lipinski definition) is 5. The van der Waals surface area contributed by atoms with E-state index in [-0.39, 0.29) is 11.5 Å². The van der Waals surface area contributed by atoms with Crippen LogP contribution in [0, 0.1) is 0 Å². The van der Waals surface area contributed by atoms with Gasteiger partial charge in [0.25, 0.3) is 0 Å². The Hall–Kier alpha value is -0.820. The van der Waals surface area contributed by atoms with Crippen molar-refractivity contribution in [1.29, 1.82) is 0 Å². The molecular weight excluding hydrogens is 232 g/mol. The van der Waals surface area contributed by atoms with Crippen LogP contribution in [0.2, 0.25) is 0 Å². The van der Waals surface area contributed by atoms with Gasteiger partial charge in [-0.2, -0.15) is 0 Å². The number of hydrazine groups is 1. The maximum atomic E-state index is 11.4. The van der Waals surface area contributed by atoms with Gasteiger partial charge >= 0.3 is 6.09 Å². The molecule has 1 saturated heterocycles. The van der Waals surface area contributed by atoms with E-state index in [2.05, 4.69) is 5.43 Å². The van der Waals surface area contributed by atoms with Crippen LogP contribution in [0.3, 0.4) is 0 Å². The molecule has 16 heavy (non-hydrogen) atoms. The third kappa shape index (κ3) is 4.80. The average Bonchev–Trinajstić information content (AvgIpc) is 2.05. The smallest absolute Gasteiger partial charge is 0.422 e. The van der Waals surface area contributed by atoms with Gasteiger partial charge in [-0.15, -0.1) is 0 Å². The van der Waals surface area contributed by atoms with Crippen LogP contribution >= 0.6 is 0 Å². The molecule has 0 aliphatic carbocycles. The summed E-state index contributed by atoms with van der Waals surface area (Å²) in [5.74, 6) is 0.144. The Morgan fingerprint density at radius 3 is 2.19 bits per heavy atom. The topological polar surface area (TPSA) is 75.7 Å². The van der Waals surface area contributed by atoms with Gasteiger partial charge in [-0.05, 0) is 20.8 Å². The normalized spacial score (nSPS) is 21.4. The Balaban J connectivity index is 2.37. The summed E-state index contributed by atoms with van der Waals surface area (Å²) in [7, 11) is -2.92. The van der Waals surface area contributed by atoms with Gasteiger partial charge in [-0.1, -0.05) is 0 Å². The molecule has 0 aromatic heterocycles. The molecular formula is C9H18N2O4S. The predicted molar refractivity (Wildman–Crippen MR) is 59.6 cm³/mol. The molecule has 1 aliphatic rings. The number of ether oxygens (including phenoxy) is 1. The SMILES string of the molecule is CC(C)(C)OC(=O)NN1CCS(=O)(=O)CC1. The largest absolute Gasteiger partial charge is 0.443 e. The Bertz CT molecular complexity index is 344. The summed E-state index contributed by atoms with van der Waals surface area (Å²) in [5.41, 5.74) is 1.97. The zero-order valence-electron chi connectivity index (χ0n) is 9.82. The van der Waals surface area contributed by atoms with E-state index in [1.807, 2.05) is 0 Å². The lowest BCUT2D eigenvalue weighted by Crippen LogP contribution is -2.51. The highest BCUT2D eigenvalue weighted by molar-refractivity contribution is 7.91. The van der Waals surface area contributed by atoms with E-state index < -0.39 is 21.5 Å². The van der Waals surface area contributed by atoms with Crippen LogP contribution in [0.4, 0.5) is 4.79 Å². The van der Waals surface area contributed by atoms with Crippen LogP contribution in [-0.4, -0.2) is 49.7 Å². The zero-order chi connectivity index (χ0) is 12.4. The van der Waals surface area contributed by atoms with E-state index in [0.717, 1.165) is 0 Å². The molecule has 0 bridgehead atoms. The van der Waals surface area contributed by atoms with Crippen molar-refractivity contribution in [3.8, 4) is 0 Å². The molecule has 1 aliphatic heterocycles.